The number of rotatable bonds is 4. The minimum Gasteiger partial charge on any atom is -0.495 e. The van der Waals surface area contributed by atoms with Crippen LogP contribution in [0.2, 0.25) is 5.02 Å². The number of halogens is 1. The largest absolute Gasteiger partial charge is 0.495 e. The summed E-state index contributed by atoms with van der Waals surface area (Å²) in [6.45, 7) is 0. The van der Waals surface area contributed by atoms with E-state index in [1.807, 2.05) is 42.5 Å². The van der Waals surface area contributed by atoms with E-state index in [1.165, 1.54) is 19.4 Å². The SMILES string of the molecule is COc1ccc(NC(=O)C(=O)N/N=C\c2cccc3ccccc23)cc1Cl. The first-order valence-corrected chi connectivity index (χ1v) is 8.42. The number of benzene rings is 3. The van der Waals surface area contributed by atoms with Crippen LogP contribution >= 0.6 is 11.6 Å². The number of methoxy groups -OCH3 is 1. The lowest BCUT2D eigenvalue weighted by atomic mass is 10.1. The van der Waals surface area contributed by atoms with Gasteiger partial charge in [0.1, 0.15) is 5.75 Å². The average molecular weight is 382 g/mol. The summed E-state index contributed by atoms with van der Waals surface area (Å²) in [7, 11) is 1.49. The van der Waals surface area contributed by atoms with Gasteiger partial charge >= 0.3 is 11.8 Å². The molecule has 0 aromatic heterocycles. The fourth-order valence-corrected chi connectivity index (χ4v) is 2.76. The van der Waals surface area contributed by atoms with Crippen LogP contribution in [0.3, 0.4) is 0 Å². The molecule has 0 spiro atoms. The molecule has 0 heterocycles. The third kappa shape index (κ3) is 4.43. The Hall–Kier alpha value is -3.38. The first-order valence-electron chi connectivity index (χ1n) is 8.04. The lowest BCUT2D eigenvalue weighted by Gasteiger charge is -2.07. The second-order valence-electron chi connectivity index (χ2n) is 5.57. The molecule has 0 radical (unpaired) electrons. The number of hydrogen-bond acceptors (Lipinski definition) is 4. The molecular weight excluding hydrogens is 366 g/mol. The van der Waals surface area contributed by atoms with Crippen molar-refractivity contribution < 1.29 is 14.3 Å². The second kappa shape index (κ2) is 8.33. The average Bonchev–Trinajstić information content (AvgIpc) is 2.68. The summed E-state index contributed by atoms with van der Waals surface area (Å²) >= 11 is 5.99. The summed E-state index contributed by atoms with van der Waals surface area (Å²) in [6.07, 6.45) is 1.50. The predicted octanol–water partition coefficient (Wildman–Crippen LogP) is 3.59. The van der Waals surface area contributed by atoms with E-state index in [9.17, 15) is 9.59 Å². The zero-order chi connectivity index (χ0) is 19.2. The van der Waals surface area contributed by atoms with Crippen molar-refractivity contribution >= 4 is 46.1 Å². The van der Waals surface area contributed by atoms with Crippen LogP contribution in [0.5, 0.6) is 5.75 Å². The molecule has 0 bridgehead atoms. The Morgan fingerprint density at radius 1 is 1.04 bits per heavy atom. The summed E-state index contributed by atoms with van der Waals surface area (Å²) < 4.78 is 5.04. The number of fused-ring (bicyclic) bond motifs is 1. The van der Waals surface area contributed by atoms with Crippen LogP contribution in [0.4, 0.5) is 5.69 Å². The molecule has 0 unspecified atom stereocenters. The van der Waals surface area contributed by atoms with Gasteiger partial charge in [-0.05, 0) is 29.0 Å². The summed E-state index contributed by atoms with van der Waals surface area (Å²) in [5, 5.41) is 8.69. The van der Waals surface area contributed by atoms with Crippen LogP contribution < -0.4 is 15.5 Å². The number of anilines is 1. The molecule has 2 amide bonds. The van der Waals surface area contributed by atoms with Crippen molar-refractivity contribution in [3.05, 3.63) is 71.2 Å². The zero-order valence-electron chi connectivity index (χ0n) is 14.4. The van der Waals surface area contributed by atoms with Gasteiger partial charge in [0, 0.05) is 11.3 Å². The minimum absolute atomic E-state index is 0.324. The summed E-state index contributed by atoms with van der Waals surface area (Å²) in [5.74, 6) is -1.27. The molecule has 0 aliphatic carbocycles. The van der Waals surface area contributed by atoms with Crippen LogP contribution in [0.1, 0.15) is 5.56 Å². The van der Waals surface area contributed by atoms with E-state index in [1.54, 1.807) is 12.1 Å². The van der Waals surface area contributed by atoms with Gasteiger partial charge in [-0.2, -0.15) is 5.10 Å². The molecule has 0 aliphatic rings. The van der Waals surface area contributed by atoms with Crippen LogP contribution in [0.25, 0.3) is 10.8 Å². The Balaban J connectivity index is 1.64. The van der Waals surface area contributed by atoms with Crippen LogP contribution in [-0.4, -0.2) is 25.1 Å². The first-order chi connectivity index (χ1) is 13.1. The van der Waals surface area contributed by atoms with Gasteiger partial charge in [-0.3, -0.25) is 9.59 Å². The third-order valence-corrected chi connectivity index (χ3v) is 4.10. The number of carbonyl (C=O) groups excluding carboxylic acids is 2. The van der Waals surface area contributed by atoms with Gasteiger partial charge in [-0.25, -0.2) is 5.43 Å². The molecule has 136 valence electrons. The summed E-state index contributed by atoms with van der Waals surface area (Å²) in [4.78, 5) is 23.9. The molecule has 7 heteroatoms. The molecule has 0 atom stereocenters. The van der Waals surface area contributed by atoms with Crippen molar-refractivity contribution in [3.8, 4) is 5.75 Å². The fourth-order valence-electron chi connectivity index (χ4n) is 2.51. The smallest absolute Gasteiger partial charge is 0.329 e. The highest BCUT2D eigenvalue weighted by molar-refractivity contribution is 6.40. The predicted molar refractivity (Wildman–Crippen MR) is 106 cm³/mol. The number of hydrogen-bond donors (Lipinski definition) is 2. The highest BCUT2D eigenvalue weighted by Crippen LogP contribution is 2.27. The zero-order valence-corrected chi connectivity index (χ0v) is 15.2. The summed E-state index contributed by atoms with van der Waals surface area (Å²) in [6, 6.07) is 18.2. The lowest BCUT2D eigenvalue weighted by Crippen LogP contribution is -2.32. The van der Waals surface area contributed by atoms with E-state index < -0.39 is 11.8 Å². The number of carbonyl (C=O) groups is 2. The van der Waals surface area contributed by atoms with Crippen molar-refractivity contribution in [2.24, 2.45) is 5.10 Å². The van der Waals surface area contributed by atoms with Gasteiger partial charge in [-0.1, -0.05) is 54.1 Å². The number of nitrogens with zero attached hydrogens (tertiary/aromatic N) is 1. The maximum Gasteiger partial charge on any atom is 0.329 e. The molecule has 0 saturated carbocycles. The standard InChI is InChI=1S/C20H16ClN3O3/c1-27-18-10-9-15(11-17(18)21)23-19(25)20(26)24-22-12-14-7-4-6-13-5-2-3-8-16(13)14/h2-12H,1H3,(H,23,25)(H,24,26)/b22-12-. The monoisotopic (exact) mass is 381 g/mol. The van der Waals surface area contributed by atoms with Crippen LogP contribution in [-0.2, 0) is 9.59 Å². The molecular formula is C20H16ClN3O3. The first kappa shape index (κ1) is 18.4. The molecule has 0 saturated heterocycles. The Kier molecular flexibility index (Phi) is 5.68. The Morgan fingerprint density at radius 2 is 1.81 bits per heavy atom. The maximum atomic E-state index is 12.0. The van der Waals surface area contributed by atoms with Crippen molar-refractivity contribution in [2.45, 2.75) is 0 Å². The number of ether oxygens (including phenoxy) is 1. The van der Waals surface area contributed by atoms with Crippen LogP contribution in [0, 0.1) is 0 Å². The van der Waals surface area contributed by atoms with Crippen LogP contribution in [0.15, 0.2) is 65.8 Å². The van der Waals surface area contributed by atoms with E-state index in [0.29, 0.717) is 16.5 Å². The van der Waals surface area contributed by atoms with E-state index >= 15 is 0 Å². The van der Waals surface area contributed by atoms with Crippen molar-refractivity contribution in [1.29, 1.82) is 0 Å². The van der Waals surface area contributed by atoms with E-state index in [2.05, 4.69) is 15.8 Å². The Bertz CT molecular complexity index is 1030. The van der Waals surface area contributed by atoms with Gasteiger partial charge in [0.25, 0.3) is 0 Å². The maximum absolute atomic E-state index is 12.0. The molecule has 2 N–H and O–H groups in total. The Labute approximate surface area is 160 Å². The van der Waals surface area contributed by atoms with Crippen molar-refractivity contribution in [3.63, 3.8) is 0 Å². The fraction of sp³-hybridized carbons (Fsp3) is 0.0500. The quantitative estimate of drug-likeness (QED) is 0.411. The summed E-state index contributed by atoms with van der Waals surface area (Å²) in [5.41, 5.74) is 3.42. The number of hydrazone groups is 1. The number of nitrogens with one attached hydrogen (secondary N) is 2. The van der Waals surface area contributed by atoms with E-state index in [-0.39, 0.29) is 0 Å². The lowest BCUT2D eigenvalue weighted by molar-refractivity contribution is -0.136. The van der Waals surface area contributed by atoms with Gasteiger partial charge in [0.15, 0.2) is 0 Å². The van der Waals surface area contributed by atoms with Gasteiger partial charge < -0.3 is 10.1 Å². The topological polar surface area (TPSA) is 79.8 Å². The molecule has 3 aromatic carbocycles. The second-order valence-corrected chi connectivity index (χ2v) is 5.98. The van der Waals surface area contributed by atoms with Gasteiger partial charge in [0.05, 0.1) is 18.3 Å². The van der Waals surface area contributed by atoms with Crippen molar-refractivity contribution in [2.75, 3.05) is 12.4 Å². The third-order valence-electron chi connectivity index (χ3n) is 3.81. The normalized spacial score (nSPS) is 10.7. The highest BCUT2D eigenvalue weighted by atomic mass is 35.5. The molecule has 0 fully saturated rings. The Morgan fingerprint density at radius 3 is 2.59 bits per heavy atom. The van der Waals surface area contributed by atoms with Gasteiger partial charge in [0.2, 0.25) is 0 Å². The highest BCUT2D eigenvalue weighted by Gasteiger charge is 2.13. The van der Waals surface area contributed by atoms with E-state index in [0.717, 1.165) is 16.3 Å². The molecule has 3 aromatic rings. The van der Waals surface area contributed by atoms with E-state index in [4.69, 9.17) is 16.3 Å². The molecule has 6 nitrogen and oxygen atoms in total. The van der Waals surface area contributed by atoms with Gasteiger partial charge in [-0.15, -0.1) is 0 Å². The minimum atomic E-state index is -0.890. The van der Waals surface area contributed by atoms with Crippen molar-refractivity contribution in [1.82, 2.24) is 5.43 Å². The molecule has 27 heavy (non-hydrogen) atoms. The number of amides is 2. The molecule has 3 rings (SSSR count). The molecule has 0 aliphatic heterocycles.